The molecule has 2 heterocycles. The third kappa shape index (κ3) is 8.04. The zero-order valence-electron chi connectivity index (χ0n) is 17.5. The summed E-state index contributed by atoms with van der Waals surface area (Å²) in [4.78, 5) is 8.13. The van der Waals surface area contributed by atoms with Gasteiger partial charge in [0.25, 0.3) is 0 Å². The smallest absolute Gasteiger partial charge is 0.357 e. The van der Waals surface area contributed by atoms with Crippen molar-refractivity contribution in [3.63, 3.8) is 0 Å². The summed E-state index contributed by atoms with van der Waals surface area (Å²) in [5.41, 5.74) is 0. The van der Waals surface area contributed by atoms with Gasteiger partial charge in [0.2, 0.25) is 0 Å². The van der Waals surface area contributed by atoms with Crippen molar-refractivity contribution in [2.75, 3.05) is 51.6 Å². The van der Waals surface area contributed by atoms with Crippen molar-refractivity contribution >= 4 is 39.8 Å². The van der Waals surface area contributed by atoms with Gasteiger partial charge in [-0.2, -0.15) is 13.2 Å². The molecule has 2 fully saturated rings. The van der Waals surface area contributed by atoms with Crippen LogP contribution in [0.3, 0.4) is 0 Å². The highest BCUT2D eigenvalue weighted by Gasteiger charge is 2.41. The average Bonchev–Trinajstić information content (AvgIpc) is 2.57. The van der Waals surface area contributed by atoms with Crippen molar-refractivity contribution in [3.8, 4) is 0 Å². The molecule has 0 aromatic carbocycles. The van der Waals surface area contributed by atoms with Gasteiger partial charge in [0.05, 0.1) is 17.0 Å². The summed E-state index contributed by atoms with van der Waals surface area (Å²) in [6.07, 6.45) is -1.77. The number of sulfone groups is 1. The largest absolute Gasteiger partial charge is 0.401 e. The molecular weight excluding hydrogens is 520 g/mol. The number of hydrogen-bond acceptors (Lipinski definition) is 4. The van der Waals surface area contributed by atoms with E-state index in [0.29, 0.717) is 45.2 Å². The van der Waals surface area contributed by atoms with E-state index >= 15 is 0 Å². The quantitative estimate of drug-likeness (QED) is 0.322. The van der Waals surface area contributed by atoms with Crippen LogP contribution in [0.2, 0.25) is 0 Å². The molecule has 0 saturated carbocycles. The van der Waals surface area contributed by atoms with Crippen LogP contribution in [0, 0.1) is 5.92 Å². The van der Waals surface area contributed by atoms with Gasteiger partial charge in [-0.05, 0) is 59.0 Å². The van der Waals surface area contributed by atoms with E-state index in [1.54, 1.807) is 13.8 Å². The highest BCUT2D eigenvalue weighted by atomic mass is 127. The normalized spacial score (nSPS) is 23.5. The first-order valence-corrected chi connectivity index (χ1v) is 11.6. The van der Waals surface area contributed by atoms with Gasteiger partial charge in [-0.15, -0.1) is 24.0 Å². The summed E-state index contributed by atoms with van der Waals surface area (Å²) in [5, 5.41) is 3.24. The molecule has 172 valence electrons. The van der Waals surface area contributed by atoms with Gasteiger partial charge in [-0.1, -0.05) is 0 Å². The summed E-state index contributed by atoms with van der Waals surface area (Å²) in [6.45, 7) is 7.70. The van der Waals surface area contributed by atoms with Gasteiger partial charge in [-0.25, -0.2) is 8.42 Å². The van der Waals surface area contributed by atoms with E-state index < -0.39 is 27.3 Å². The summed E-state index contributed by atoms with van der Waals surface area (Å²) in [7, 11) is -3.11. The maximum Gasteiger partial charge on any atom is 0.401 e. The van der Waals surface area contributed by atoms with E-state index in [-0.39, 0.29) is 29.7 Å². The van der Waals surface area contributed by atoms with Crippen molar-refractivity contribution in [2.45, 2.75) is 51.0 Å². The first-order chi connectivity index (χ1) is 12.9. The minimum atomic E-state index is -4.13. The van der Waals surface area contributed by atoms with Crippen LogP contribution in [0.15, 0.2) is 4.99 Å². The standard InChI is InChI=1S/C18H33F3N4O2S.HI/c1-4-22-16(25-11-12-28(26,27)17(2,3)13-25)23-8-5-15-6-9-24(10-7-15)14-18(19,20)21;/h15H,4-14H2,1-3H3,(H,22,23);1H. The lowest BCUT2D eigenvalue weighted by molar-refractivity contribution is -0.148. The van der Waals surface area contributed by atoms with Crippen LogP contribution < -0.4 is 5.32 Å². The number of rotatable bonds is 5. The molecule has 0 spiro atoms. The molecule has 0 aliphatic carbocycles. The molecule has 29 heavy (non-hydrogen) atoms. The number of nitrogens with one attached hydrogen (secondary N) is 1. The minimum absolute atomic E-state index is 0. The molecule has 0 bridgehead atoms. The van der Waals surface area contributed by atoms with E-state index in [4.69, 9.17) is 0 Å². The van der Waals surface area contributed by atoms with E-state index in [0.717, 1.165) is 25.2 Å². The molecule has 1 N–H and O–H groups in total. The Morgan fingerprint density at radius 3 is 2.34 bits per heavy atom. The van der Waals surface area contributed by atoms with Gasteiger partial charge in [-0.3, -0.25) is 9.89 Å². The molecule has 2 saturated heterocycles. The van der Waals surface area contributed by atoms with E-state index in [2.05, 4.69) is 10.3 Å². The molecule has 2 rings (SSSR count). The predicted octanol–water partition coefficient (Wildman–Crippen LogP) is 2.74. The van der Waals surface area contributed by atoms with E-state index in [1.165, 1.54) is 4.90 Å². The second kappa shape index (κ2) is 10.8. The fourth-order valence-electron chi connectivity index (χ4n) is 3.79. The average molecular weight is 554 g/mol. The number of alkyl halides is 3. The molecule has 2 aliphatic rings. The SMILES string of the molecule is CCNC(=NCCC1CCN(CC(F)(F)F)CC1)N1CCS(=O)(=O)C(C)(C)C1.I. The number of aliphatic imine (C=N–C) groups is 1. The number of piperidine rings is 1. The van der Waals surface area contributed by atoms with Gasteiger partial charge in [0, 0.05) is 26.2 Å². The first kappa shape index (κ1) is 26.7. The predicted molar refractivity (Wildman–Crippen MR) is 121 cm³/mol. The van der Waals surface area contributed by atoms with Crippen molar-refractivity contribution in [1.82, 2.24) is 15.1 Å². The molecule has 0 atom stereocenters. The second-order valence-corrected chi connectivity index (χ2v) is 11.1. The first-order valence-electron chi connectivity index (χ1n) is 9.98. The van der Waals surface area contributed by atoms with Gasteiger partial charge < -0.3 is 10.2 Å². The Morgan fingerprint density at radius 2 is 1.83 bits per heavy atom. The molecule has 0 aromatic rings. The van der Waals surface area contributed by atoms with Crippen LogP contribution in [-0.4, -0.2) is 86.7 Å². The Hall–Kier alpha value is -0.300. The molecule has 0 aromatic heterocycles. The molecule has 0 radical (unpaired) electrons. The number of guanidine groups is 1. The topological polar surface area (TPSA) is 65.0 Å². The monoisotopic (exact) mass is 554 g/mol. The Morgan fingerprint density at radius 1 is 1.21 bits per heavy atom. The molecule has 0 amide bonds. The molecule has 0 unspecified atom stereocenters. The third-order valence-electron chi connectivity index (χ3n) is 5.59. The lowest BCUT2D eigenvalue weighted by Gasteiger charge is -2.39. The third-order valence-corrected chi connectivity index (χ3v) is 8.12. The van der Waals surface area contributed by atoms with Crippen molar-refractivity contribution in [1.29, 1.82) is 0 Å². The highest BCUT2D eigenvalue weighted by Crippen LogP contribution is 2.25. The fraction of sp³-hybridized carbons (Fsp3) is 0.944. The van der Waals surface area contributed by atoms with Crippen LogP contribution in [0.5, 0.6) is 0 Å². The number of halogens is 4. The highest BCUT2D eigenvalue weighted by molar-refractivity contribution is 14.0. The Bertz CT molecular complexity index is 648. The number of likely N-dealkylation sites (tertiary alicyclic amines) is 1. The van der Waals surface area contributed by atoms with Crippen LogP contribution in [0.25, 0.3) is 0 Å². The van der Waals surface area contributed by atoms with Crippen molar-refractivity contribution < 1.29 is 21.6 Å². The second-order valence-electron chi connectivity index (χ2n) is 8.36. The summed E-state index contributed by atoms with van der Waals surface area (Å²) in [5.74, 6) is 1.22. The maximum atomic E-state index is 12.5. The Kier molecular flexibility index (Phi) is 9.98. The van der Waals surface area contributed by atoms with Crippen LogP contribution in [0.1, 0.15) is 40.0 Å². The lowest BCUT2D eigenvalue weighted by Crippen LogP contribution is -2.57. The number of hydrogen-bond donors (Lipinski definition) is 1. The van der Waals surface area contributed by atoms with E-state index in [9.17, 15) is 21.6 Å². The zero-order valence-corrected chi connectivity index (χ0v) is 20.6. The van der Waals surface area contributed by atoms with Crippen molar-refractivity contribution in [2.24, 2.45) is 10.9 Å². The van der Waals surface area contributed by atoms with Crippen LogP contribution in [0.4, 0.5) is 13.2 Å². The van der Waals surface area contributed by atoms with Crippen LogP contribution in [-0.2, 0) is 9.84 Å². The summed E-state index contributed by atoms with van der Waals surface area (Å²) >= 11 is 0. The Balaban J connectivity index is 0.00000420. The molecule has 2 aliphatic heterocycles. The number of nitrogens with zero attached hydrogens (tertiary/aromatic N) is 3. The molecule has 11 heteroatoms. The lowest BCUT2D eigenvalue weighted by atomic mass is 9.93. The Labute approximate surface area is 189 Å². The van der Waals surface area contributed by atoms with Gasteiger partial charge in [0.1, 0.15) is 0 Å². The fourth-order valence-corrected chi connectivity index (χ4v) is 5.16. The van der Waals surface area contributed by atoms with Crippen molar-refractivity contribution in [3.05, 3.63) is 0 Å². The summed E-state index contributed by atoms with van der Waals surface area (Å²) < 4.78 is 61.0. The summed E-state index contributed by atoms with van der Waals surface area (Å²) in [6, 6.07) is 0. The van der Waals surface area contributed by atoms with Gasteiger partial charge in [0.15, 0.2) is 15.8 Å². The van der Waals surface area contributed by atoms with Crippen LogP contribution >= 0.6 is 24.0 Å². The van der Waals surface area contributed by atoms with E-state index in [1.807, 2.05) is 11.8 Å². The van der Waals surface area contributed by atoms with Gasteiger partial charge >= 0.3 is 6.18 Å². The molecular formula is C18H34F3IN4O2S. The zero-order chi connectivity index (χ0) is 21.0. The maximum absolute atomic E-state index is 12.5. The molecule has 6 nitrogen and oxygen atoms in total. The minimum Gasteiger partial charge on any atom is -0.357 e.